The number of carboxylic acids is 1. The van der Waals surface area contributed by atoms with E-state index in [1.807, 2.05) is 12.1 Å². The molecule has 0 aliphatic rings. The van der Waals surface area contributed by atoms with Gasteiger partial charge < -0.3 is 5.11 Å². The molecule has 0 aromatic heterocycles. The molecular formula is C14H14O2. The van der Waals surface area contributed by atoms with E-state index in [1.165, 1.54) is 10.9 Å². The van der Waals surface area contributed by atoms with Crippen molar-refractivity contribution >= 4 is 16.7 Å². The molecule has 2 aromatic carbocycles. The summed E-state index contributed by atoms with van der Waals surface area (Å²) >= 11 is 0. The van der Waals surface area contributed by atoms with E-state index in [4.69, 9.17) is 5.11 Å². The fourth-order valence-electron chi connectivity index (χ4n) is 1.93. The van der Waals surface area contributed by atoms with E-state index in [1.54, 1.807) is 0 Å². The van der Waals surface area contributed by atoms with Crippen molar-refractivity contribution in [3.8, 4) is 0 Å². The Morgan fingerprint density at radius 3 is 2.81 bits per heavy atom. The quantitative estimate of drug-likeness (QED) is 0.852. The normalized spacial score (nSPS) is 10.6. The summed E-state index contributed by atoms with van der Waals surface area (Å²) < 4.78 is 0. The molecule has 0 radical (unpaired) electrons. The van der Waals surface area contributed by atoms with Crippen LogP contribution in [0.5, 0.6) is 0 Å². The van der Waals surface area contributed by atoms with E-state index in [-0.39, 0.29) is 6.42 Å². The van der Waals surface area contributed by atoms with Gasteiger partial charge in [-0.25, -0.2) is 0 Å². The molecule has 2 heteroatoms. The molecule has 0 heterocycles. The highest BCUT2D eigenvalue weighted by atomic mass is 16.4. The van der Waals surface area contributed by atoms with Crippen LogP contribution in [-0.4, -0.2) is 11.1 Å². The van der Waals surface area contributed by atoms with Crippen molar-refractivity contribution in [2.45, 2.75) is 19.8 Å². The molecule has 0 bridgehead atoms. The third-order valence-corrected chi connectivity index (χ3v) is 2.73. The maximum absolute atomic E-state index is 10.6. The van der Waals surface area contributed by atoms with Crippen LogP contribution in [0.15, 0.2) is 36.4 Å². The van der Waals surface area contributed by atoms with Crippen LogP contribution in [0.1, 0.15) is 17.5 Å². The fourth-order valence-corrected chi connectivity index (χ4v) is 1.93. The number of fused-ring (bicyclic) bond motifs is 1. The monoisotopic (exact) mass is 214 g/mol. The first-order chi connectivity index (χ1) is 7.66. The maximum atomic E-state index is 10.6. The number of hydrogen-bond donors (Lipinski definition) is 1. The SMILES string of the molecule is Cc1ccc2c(CCC(=O)O)cccc2c1. The first kappa shape index (κ1) is 10.7. The minimum Gasteiger partial charge on any atom is -0.481 e. The lowest BCUT2D eigenvalue weighted by Gasteiger charge is -2.05. The summed E-state index contributed by atoms with van der Waals surface area (Å²) in [7, 11) is 0. The van der Waals surface area contributed by atoms with Crippen LogP contribution in [0, 0.1) is 6.92 Å². The van der Waals surface area contributed by atoms with Crippen molar-refractivity contribution in [1.29, 1.82) is 0 Å². The van der Waals surface area contributed by atoms with E-state index in [0.29, 0.717) is 6.42 Å². The van der Waals surface area contributed by atoms with Crippen LogP contribution in [0.25, 0.3) is 10.8 Å². The Kier molecular flexibility index (Phi) is 2.91. The number of benzene rings is 2. The van der Waals surface area contributed by atoms with Crippen LogP contribution < -0.4 is 0 Å². The lowest BCUT2D eigenvalue weighted by atomic mass is 9.99. The van der Waals surface area contributed by atoms with Crippen LogP contribution in [0.3, 0.4) is 0 Å². The first-order valence-corrected chi connectivity index (χ1v) is 5.37. The van der Waals surface area contributed by atoms with Crippen LogP contribution in [0.2, 0.25) is 0 Å². The Morgan fingerprint density at radius 1 is 1.25 bits per heavy atom. The van der Waals surface area contributed by atoms with Gasteiger partial charge in [0.15, 0.2) is 0 Å². The summed E-state index contributed by atoms with van der Waals surface area (Å²) in [5, 5.41) is 11.0. The second-order valence-corrected chi connectivity index (χ2v) is 4.04. The number of aryl methyl sites for hydroxylation is 2. The van der Waals surface area contributed by atoms with Gasteiger partial charge in [-0.1, -0.05) is 42.0 Å². The van der Waals surface area contributed by atoms with E-state index in [9.17, 15) is 4.79 Å². The average molecular weight is 214 g/mol. The van der Waals surface area contributed by atoms with Gasteiger partial charge in [0.2, 0.25) is 0 Å². The number of rotatable bonds is 3. The lowest BCUT2D eigenvalue weighted by Crippen LogP contribution is -1.97. The largest absolute Gasteiger partial charge is 0.481 e. The fraction of sp³-hybridized carbons (Fsp3) is 0.214. The number of hydrogen-bond acceptors (Lipinski definition) is 1. The zero-order valence-electron chi connectivity index (χ0n) is 9.23. The predicted octanol–water partition coefficient (Wildman–Crippen LogP) is 3.17. The van der Waals surface area contributed by atoms with Crippen LogP contribution >= 0.6 is 0 Å². The average Bonchev–Trinajstić information content (AvgIpc) is 2.25. The van der Waals surface area contributed by atoms with Crippen LogP contribution in [-0.2, 0) is 11.2 Å². The summed E-state index contributed by atoms with van der Waals surface area (Å²) in [5.41, 5.74) is 2.34. The van der Waals surface area contributed by atoms with Crippen LogP contribution in [0.4, 0.5) is 0 Å². The zero-order valence-corrected chi connectivity index (χ0v) is 9.23. The smallest absolute Gasteiger partial charge is 0.303 e. The highest BCUT2D eigenvalue weighted by Crippen LogP contribution is 2.21. The van der Waals surface area contributed by atoms with Crippen molar-refractivity contribution in [2.75, 3.05) is 0 Å². The van der Waals surface area contributed by atoms with Gasteiger partial charge in [0.25, 0.3) is 0 Å². The van der Waals surface area contributed by atoms with Crippen molar-refractivity contribution in [1.82, 2.24) is 0 Å². The lowest BCUT2D eigenvalue weighted by molar-refractivity contribution is -0.136. The number of carboxylic acid groups (broad SMARTS) is 1. The molecule has 2 rings (SSSR count). The van der Waals surface area contributed by atoms with Gasteiger partial charge in [0, 0.05) is 6.42 Å². The molecule has 0 unspecified atom stereocenters. The molecule has 0 aliphatic heterocycles. The Bertz CT molecular complexity index is 529. The molecule has 0 spiro atoms. The molecule has 1 N–H and O–H groups in total. The van der Waals surface area contributed by atoms with Crippen molar-refractivity contribution in [3.05, 3.63) is 47.5 Å². The topological polar surface area (TPSA) is 37.3 Å². The third kappa shape index (κ3) is 2.22. The van der Waals surface area contributed by atoms with Gasteiger partial charge in [0.05, 0.1) is 0 Å². The summed E-state index contributed by atoms with van der Waals surface area (Å²) in [6, 6.07) is 12.3. The molecule has 0 saturated heterocycles. The number of aliphatic carboxylic acids is 1. The molecule has 0 saturated carbocycles. The highest BCUT2D eigenvalue weighted by Gasteiger charge is 2.03. The summed E-state index contributed by atoms with van der Waals surface area (Å²) in [4.78, 5) is 10.6. The maximum Gasteiger partial charge on any atom is 0.303 e. The molecule has 16 heavy (non-hydrogen) atoms. The van der Waals surface area contributed by atoms with Gasteiger partial charge in [-0.05, 0) is 29.7 Å². The van der Waals surface area contributed by atoms with E-state index < -0.39 is 5.97 Å². The Labute approximate surface area is 94.5 Å². The van der Waals surface area contributed by atoms with Gasteiger partial charge in [-0.3, -0.25) is 4.79 Å². The zero-order chi connectivity index (χ0) is 11.5. The summed E-state index contributed by atoms with van der Waals surface area (Å²) in [5.74, 6) is -0.746. The van der Waals surface area contributed by atoms with Gasteiger partial charge in [0.1, 0.15) is 0 Å². The molecule has 0 atom stereocenters. The third-order valence-electron chi connectivity index (χ3n) is 2.73. The van der Waals surface area contributed by atoms with Gasteiger partial charge in [-0.2, -0.15) is 0 Å². The standard InChI is InChI=1S/C14H14O2/c1-10-5-7-13-11(6-8-14(15)16)3-2-4-12(13)9-10/h2-5,7,9H,6,8H2,1H3,(H,15,16). The Hall–Kier alpha value is -1.83. The van der Waals surface area contributed by atoms with E-state index >= 15 is 0 Å². The Morgan fingerprint density at radius 2 is 2.06 bits per heavy atom. The molecule has 82 valence electrons. The summed E-state index contributed by atoms with van der Waals surface area (Å²) in [6.07, 6.45) is 0.780. The molecule has 2 aromatic rings. The second kappa shape index (κ2) is 4.35. The minimum absolute atomic E-state index is 0.187. The molecule has 0 amide bonds. The van der Waals surface area contributed by atoms with Gasteiger partial charge >= 0.3 is 5.97 Å². The Balaban J connectivity index is 2.41. The first-order valence-electron chi connectivity index (χ1n) is 5.37. The summed E-state index contributed by atoms with van der Waals surface area (Å²) in [6.45, 7) is 2.06. The van der Waals surface area contributed by atoms with Crippen molar-refractivity contribution in [3.63, 3.8) is 0 Å². The molecule has 0 aliphatic carbocycles. The number of carbonyl (C=O) groups is 1. The minimum atomic E-state index is -0.746. The second-order valence-electron chi connectivity index (χ2n) is 4.04. The van der Waals surface area contributed by atoms with Crippen molar-refractivity contribution < 1.29 is 9.90 Å². The molecule has 0 fully saturated rings. The molecular weight excluding hydrogens is 200 g/mol. The van der Waals surface area contributed by atoms with E-state index in [2.05, 4.69) is 31.2 Å². The highest BCUT2D eigenvalue weighted by molar-refractivity contribution is 5.86. The van der Waals surface area contributed by atoms with E-state index in [0.717, 1.165) is 10.9 Å². The van der Waals surface area contributed by atoms with Gasteiger partial charge in [-0.15, -0.1) is 0 Å². The molecule has 2 nitrogen and oxygen atoms in total. The predicted molar refractivity (Wildman–Crippen MR) is 64.6 cm³/mol. The van der Waals surface area contributed by atoms with Crippen molar-refractivity contribution in [2.24, 2.45) is 0 Å².